The number of carbonyl (C=O) groups is 2. The van der Waals surface area contributed by atoms with Crippen molar-refractivity contribution in [2.45, 2.75) is 0 Å². The maximum Gasteiger partial charge on any atom is 0.194 e. The molecule has 1 aliphatic carbocycles. The Hall–Kier alpha value is -2.22. The predicted octanol–water partition coefficient (Wildman–Crippen LogP) is 2.26. The van der Waals surface area contributed by atoms with E-state index in [1.807, 2.05) is 0 Å². The van der Waals surface area contributed by atoms with Crippen molar-refractivity contribution in [3.8, 4) is 0 Å². The lowest BCUT2D eigenvalue weighted by molar-refractivity contribution is 0.0979. The van der Waals surface area contributed by atoms with Crippen LogP contribution >= 0.6 is 0 Å². The highest BCUT2D eigenvalue weighted by Gasteiger charge is 2.28. The van der Waals surface area contributed by atoms with Gasteiger partial charge in [0, 0.05) is 22.3 Å². The van der Waals surface area contributed by atoms with E-state index >= 15 is 0 Å². The van der Waals surface area contributed by atoms with Crippen molar-refractivity contribution in [1.82, 2.24) is 0 Å². The van der Waals surface area contributed by atoms with Crippen LogP contribution in [-0.4, -0.2) is 11.6 Å². The minimum atomic E-state index is -0.0953. The average Bonchev–Trinajstić information content (AvgIpc) is 2.36. The van der Waals surface area contributed by atoms with Crippen LogP contribution in [0.3, 0.4) is 0 Å². The molecular formula is C14H7O2. The third kappa shape index (κ3) is 1.07. The van der Waals surface area contributed by atoms with Crippen LogP contribution in [0.1, 0.15) is 31.8 Å². The molecule has 0 saturated heterocycles. The summed E-state index contributed by atoms with van der Waals surface area (Å²) in [5, 5.41) is 0. The summed E-state index contributed by atoms with van der Waals surface area (Å²) in [5.74, 6) is -0.179. The van der Waals surface area contributed by atoms with Gasteiger partial charge >= 0.3 is 0 Å². The molecule has 2 heteroatoms. The van der Waals surface area contributed by atoms with Gasteiger partial charge in [0.15, 0.2) is 11.6 Å². The highest BCUT2D eigenvalue weighted by atomic mass is 16.1. The Morgan fingerprint density at radius 1 is 0.750 bits per heavy atom. The number of hydrogen-bond donors (Lipinski definition) is 0. The quantitative estimate of drug-likeness (QED) is 0.566. The van der Waals surface area contributed by atoms with Crippen LogP contribution in [0.4, 0.5) is 0 Å². The Kier molecular flexibility index (Phi) is 1.77. The molecule has 75 valence electrons. The summed E-state index contributed by atoms with van der Waals surface area (Å²) < 4.78 is 0. The summed E-state index contributed by atoms with van der Waals surface area (Å²) in [4.78, 5) is 24.2. The molecule has 0 aliphatic heterocycles. The van der Waals surface area contributed by atoms with Gasteiger partial charge in [-0.1, -0.05) is 30.3 Å². The second kappa shape index (κ2) is 3.14. The van der Waals surface area contributed by atoms with Crippen molar-refractivity contribution in [3.05, 3.63) is 70.8 Å². The third-order valence-corrected chi connectivity index (χ3v) is 2.77. The molecule has 1 radical (unpaired) electrons. The Labute approximate surface area is 92.5 Å². The van der Waals surface area contributed by atoms with E-state index in [1.54, 1.807) is 42.5 Å². The molecule has 0 unspecified atom stereocenters. The molecule has 2 aromatic carbocycles. The zero-order chi connectivity index (χ0) is 11.1. The largest absolute Gasteiger partial charge is 0.289 e. The summed E-state index contributed by atoms with van der Waals surface area (Å²) in [6, 6.07) is 14.6. The fraction of sp³-hybridized carbons (Fsp3) is 0. The van der Waals surface area contributed by atoms with E-state index in [0.29, 0.717) is 22.3 Å². The maximum atomic E-state index is 12.1. The fourth-order valence-corrected chi connectivity index (χ4v) is 1.99. The monoisotopic (exact) mass is 207 g/mol. The normalized spacial score (nSPS) is 13.2. The third-order valence-electron chi connectivity index (χ3n) is 2.77. The van der Waals surface area contributed by atoms with Gasteiger partial charge in [-0.25, -0.2) is 0 Å². The predicted molar refractivity (Wildman–Crippen MR) is 58.6 cm³/mol. The lowest BCUT2D eigenvalue weighted by Crippen LogP contribution is -2.20. The smallest absolute Gasteiger partial charge is 0.194 e. The zero-order valence-corrected chi connectivity index (χ0v) is 8.36. The summed E-state index contributed by atoms with van der Waals surface area (Å²) >= 11 is 0. The maximum absolute atomic E-state index is 12.1. The van der Waals surface area contributed by atoms with Crippen LogP contribution in [0.15, 0.2) is 42.5 Å². The lowest BCUT2D eigenvalue weighted by Gasteiger charge is -2.16. The second-order valence-electron chi connectivity index (χ2n) is 3.68. The van der Waals surface area contributed by atoms with Gasteiger partial charge in [-0.15, -0.1) is 0 Å². The molecule has 2 nitrogen and oxygen atoms in total. The summed E-state index contributed by atoms with van der Waals surface area (Å²) in [6.07, 6.45) is 0. The highest BCUT2D eigenvalue weighted by molar-refractivity contribution is 6.28. The van der Waals surface area contributed by atoms with Gasteiger partial charge in [0.1, 0.15) is 0 Å². The molecular weight excluding hydrogens is 200 g/mol. The van der Waals surface area contributed by atoms with Gasteiger partial charge in [0.25, 0.3) is 0 Å². The minimum Gasteiger partial charge on any atom is -0.289 e. The number of benzene rings is 2. The van der Waals surface area contributed by atoms with E-state index in [-0.39, 0.29) is 11.6 Å². The summed E-state index contributed by atoms with van der Waals surface area (Å²) in [6.45, 7) is 0. The first-order chi connectivity index (χ1) is 7.79. The van der Waals surface area contributed by atoms with Crippen LogP contribution in [0, 0.1) is 6.07 Å². The second-order valence-corrected chi connectivity index (χ2v) is 3.68. The van der Waals surface area contributed by atoms with Crippen molar-refractivity contribution < 1.29 is 9.59 Å². The van der Waals surface area contributed by atoms with Crippen molar-refractivity contribution in [3.63, 3.8) is 0 Å². The van der Waals surface area contributed by atoms with E-state index in [9.17, 15) is 9.59 Å². The standard InChI is InChI=1S/C14H7O2/c15-13-9-5-1-2-6-10(9)14(16)12-8-4-3-7-11(12)13/h1-3,5-8H. The number of hydrogen-bond acceptors (Lipinski definition) is 2. The summed E-state index contributed by atoms with van der Waals surface area (Å²) in [5.41, 5.74) is 1.90. The van der Waals surface area contributed by atoms with Crippen molar-refractivity contribution >= 4 is 11.6 Å². The van der Waals surface area contributed by atoms with Crippen LogP contribution in [0.2, 0.25) is 0 Å². The van der Waals surface area contributed by atoms with E-state index in [0.717, 1.165) is 0 Å². The molecule has 16 heavy (non-hydrogen) atoms. The first-order valence-corrected chi connectivity index (χ1v) is 4.97. The minimum absolute atomic E-state index is 0.0841. The Bertz CT molecular complexity index is 506. The number of ketones is 2. The molecule has 0 saturated carbocycles. The molecule has 1 aliphatic rings. The van der Waals surface area contributed by atoms with Gasteiger partial charge in [-0.05, 0) is 18.2 Å². The average molecular weight is 207 g/mol. The first-order valence-electron chi connectivity index (χ1n) is 4.97. The van der Waals surface area contributed by atoms with Crippen molar-refractivity contribution in [2.24, 2.45) is 0 Å². The van der Waals surface area contributed by atoms with Crippen molar-refractivity contribution in [2.75, 3.05) is 0 Å². The number of fused-ring (bicyclic) bond motifs is 2. The molecule has 2 aromatic rings. The molecule has 0 N–H and O–H groups in total. The SMILES string of the molecule is O=C1c2c[c]ccc2C(=O)c2ccccc21. The molecule has 0 fully saturated rings. The Balaban J connectivity index is 2.35. The zero-order valence-electron chi connectivity index (χ0n) is 8.36. The van der Waals surface area contributed by atoms with Crippen LogP contribution in [0.25, 0.3) is 0 Å². The highest BCUT2D eigenvalue weighted by Crippen LogP contribution is 2.26. The molecule has 0 amide bonds. The molecule has 3 rings (SSSR count). The molecule has 0 bridgehead atoms. The van der Waals surface area contributed by atoms with Gasteiger partial charge in [-0.2, -0.15) is 0 Å². The number of rotatable bonds is 0. The van der Waals surface area contributed by atoms with Crippen LogP contribution < -0.4 is 0 Å². The van der Waals surface area contributed by atoms with Crippen LogP contribution in [-0.2, 0) is 0 Å². The molecule has 0 aromatic heterocycles. The molecule has 0 spiro atoms. The topological polar surface area (TPSA) is 34.1 Å². The Morgan fingerprint density at radius 2 is 1.31 bits per heavy atom. The lowest BCUT2D eigenvalue weighted by atomic mass is 9.84. The van der Waals surface area contributed by atoms with Gasteiger partial charge < -0.3 is 0 Å². The van der Waals surface area contributed by atoms with Crippen LogP contribution in [0.5, 0.6) is 0 Å². The van der Waals surface area contributed by atoms with Gasteiger partial charge in [0.2, 0.25) is 0 Å². The molecule has 0 atom stereocenters. The van der Waals surface area contributed by atoms with E-state index in [2.05, 4.69) is 6.07 Å². The van der Waals surface area contributed by atoms with Gasteiger partial charge in [0.05, 0.1) is 0 Å². The first kappa shape index (κ1) is 9.04. The van der Waals surface area contributed by atoms with E-state index < -0.39 is 0 Å². The molecule has 0 heterocycles. The summed E-state index contributed by atoms with van der Waals surface area (Å²) in [7, 11) is 0. The fourth-order valence-electron chi connectivity index (χ4n) is 1.99. The van der Waals surface area contributed by atoms with E-state index in [1.165, 1.54) is 0 Å². The van der Waals surface area contributed by atoms with Gasteiger partial charge in [-0.3, -0.25) is 9.59 Å². The van der Waals surface area contributed by atoms with E-state index in [4.69, 9.17) is 0 Å². The van der Waals surface area contributed by atoms with Crippen molar-refractivity contribution in [1.29, 1.82) is 0 Å². The number of carbonyl (C=O) groups excluding carboxylic acids is 2. The Morgan fingerprint density at radius 3 is 2.00 bits per heavy atom.